The van der Waals surface area contributed by atoms with E-state index in [1.54, 1.807) is 17.9 Å². The fourth-order valence-electron chi connectivity index (χ4n) is 4.76. The van der Waals surface area contributed by atoms with Crippen LogP contribution in [0, 0.1) is 5.92 Å². The molecule has 3 aliphatic rings. The Morgan fingerprint density at radius 2 is 1.66 bits per heavy atom. The van der Waals surface area contributed by atoms with Gasteiger partial charge < -0.3 is 9.80 Å². The Hall–Kier alpha value is -3.07. The van der Waals surface area contributed by atoms with E-state index in [1.807, 2.05) is 42.2 Å². The van der Waals surface area contributed by atoms with Gasteiger partial charge in [0.15, 0.2) is 0 Å². The molecule has 9 heteroatoms. The lowest BCUT2D eigenvalue weighted by Gasteiger charge is -2.43. The van der Waals surface area contributed by atoms with Crippen LogP contribution in [0.4, 0.5) is 22.7 Å². The average Bonchev–Trinajstić information content (AvgIpc) is 2.93. The summed E-state index contributed by atoms with van der Waals surface area (Å²) in [4.78, 5) is 29.2. The summed E-state index contributed by atoms with van der Waals surface area (Å²) in [6.07, 6.45) is 2.90. The van der Waals surface area contributed by atoms with Gasteiger partial charge in [0, 0.05) is 26.4 Å². The predicted molar refractivity (Wildman–Crippen MR) is 125 cm³/mol. The second-order valence-electron chi connectivity index (χ2n) is 8.82. The third kappa shape index (κ3) is 3.14. The molecule has 0 unspecified atom stereocenters. The topological polar surface area (TPSA) is 90.0 Å². The van der Waals surface area contributed by atoms with Gasteiger partial charge in [-0.3, -0.25) is 18.6 Å². The van der Waals surface area contributed by atoms with Crippen molar-refractivity contribution in [1.29, 1.82) is 0 Å². The van der Waals surface area contributed by atoms with Gasteiger partial charge >= 0.3 is 10.2 Å². The van der Waals surface area contributed by atoms with E-state index in [-0.39, 0.29) is 23.8 Å². The van der Waals surface area contributed by atoms with E-state index < -0.39 is 10.2 Å². The van der Waals surface area contributed by atoms with E-state index >= 15 is 0 Å². The van der Waals surface area contributed by atoms with Crippen LogP contribution in [0.3, 0.4) is 0 Å². The summed E-state index contributed by atoms with van der Waals surface area (Å²) in [6, 6.07) is 11.0. The lowest BCUT2D eigenvalue weighted by atomic mass is 9.84. The van der Waals surface area contributed by atoms with Crippen molar-refractivity contribution in [2.75, 3.05) is 32.4 Å². The number of carbonyl (C=O) groups excluding carboxylic acids is 2. The quantitative estimate of drug-likeness (QED) is 0.754. The van der Waals surface area contributed by atoms with Crippen LogP contribution in [0.15, 0.2) is 36.4 Å². The molecule has 0 saturated heterocycles. The number of hydrogen-bond acceptors (Lipinski definition) is 4. The lowest BCUT2D eigenvalue weighted by molar-refractivity contribution is -0.125. The molecule has 2 heterocycles. The van der Waals surface area contributed by atoms with Gasteiger partial charge in [0.1, 0.15) is 0 Å². The summed E-state index contributed by atoms with van der Waals surface area (Å²) in [5.74, 6) is 0.110. The number of benzene rings is 2. The Labute approximate surface area is 188 Å². The average molecular weight is 455 g/mol. The van der Waals surface area contributed by atoms with E-state index in [1.165, 1.54) is 11.4 Å². The molecule has 0 bridgehead atoms. The standard InChI is InChI=1S/C23H26N4O4S/c1-14-13-26(23(29)16-5-4-6-16)22-12-18(8-10-20(22)27(14)15(2)28)17-7-9-19-21(11-17)25(3)32(30,31)24-19/h7-12,14,16,24H,4-6,13H2,1-3H3/t14-/m0/s1. The van der Waals surface area contributed by atoms with Crippen molar-refractivity contribution in [3.63, 3.8) is 0 Å². The van der Waals surface area contributed by atoms with Crippen molar-refractivity contribution in [3.05, 3.63) is 36.4 Å². The summed E-state index contributed by atoms with van der Waals surface area (Å²) in [7, 11) is -2.05. The predicted octanol–water partition coefficient (Wildman–Crippen LogP) is 3.35. The fraction of sp³-hybridized carbons (Fsp3) is 0.391. The second kappa shape index (κ2) is 7.23. The number of rotatable bonds is 2. The molecule has 1 aliphatic carbocycles. The second-order valence-corrected chi connectivity index (χ2v) is 10.5. The highest BCUT2D eigenvalue weighted by Gasteiger charge is 2.38. The zero-order chi connectivity index (χ0) is 22.8. The molecule has 2 aromatic carbocycles. The van der Waals surface area contributed by atoms with Crippen LogP contribution < -0.4 is 18.8 Å². The van der Waals surface area contributed by atoms with E-state index in [4.69, 9.17) is 0 Å². The summed E-state index contributed by atoms with van der Waals surface area (Å²) < 4.78 is 28.0. The van der Waals surface area contributed by atoms with Crippen molar-refractivity contribution in [3.8, 4) is 11.1 Å². The molecular formula is C23H26N4O4S. The van der Waals surface area contributed by atoms with E-state index in [2.05, 4.69) is 4.72 Å². The van der Waals surface area contributed by atoms with Crippen LogP contribution in [0.1, 0.15) is 33.1 Å². The van der Waals surface area contributed by atoms with E-state index in [0.717, 1.165) is 41.8 Å². The van der Waals surface area contributed by atoms with Crippen molar-refractivity contribution in [1.82, 2.24) is 0 Å². The first-order valence-corrected chi connectivity index (χ1v) is 12.3. The van der Waals surface area contributed by atoms with Crippen molar-refractivity contribution >= 4 is 44.8 Å². The van der Waals surface area contributed by atoms with Gasteiger partial charge in [-0.15, -0.1) is 0 Å². The molecule has 5 rings (SSSR count). The first-order chi connectivity index (χ1) is 15.2. The highest BCUT2D eigenvalue weighted by Crippen LogP contribution is 2.43. The van der Waals surface area contributed by atoms with Gasteiger partial charge in [-0.2, -0.15) is 8.42 Å². The largest absolute Gasteiger partial charge is 0.323 e. The summed E-state index contributed by atoms with van der Waals surface area (Å²) in [5, 5.41) is 0. The molecular weight excluding hydrogens is 428 g/mol. The molecule has 32 heavy (non-hydrogen) atoms. The molecule has 1 N–H and O–H groups in total. The summed E-state index contributed by atoms with van der Waals surface area (Å²) in [6.45, 7) is 3.96. The number of carbonyl (C=O) groups is 2. The zero-order valence-corrected chi connectivity index (χ0v) is 19.1. The monoisotopic (exact) mass is 454 g/mol. The van der Waals surface area contributed by atoms with E-state index in [0.29, 0.717) is 17.9 Å². The van der Waals surface area contributed by atoms with Crippen molar-refractivity contribution in [2.45, 2.75) is 39.2 Å². The van der Waals surface area contributed by atoms with Crippen LogP contribution in [0.5, 0.6) is 0 Å². The fourth-order valence-corrected chi connectivity index (χ4v) is 5.76. The Morgan fingerprint density at radius 3 is 2.28 bits per heavy atom. The molecule has 0 spiro atoms. The highest BCUT2D eigenvalue weighted by atomic mass is 32.2. The number of anilines is 4. The van der Waals surface area contributed by atoms with Crippen molar-refractivity contribution < 1.29 is 18.0 Å². The Kier molecular flexibility index (Phi) is 4.70. The molecule has 0 radical (unpaired) electrons. The van der Waals surface area contributed by atoms with Crippen LogP contribution >= 0.6 is 0 Å². The first-order valence-electron chi connectivity index (χ1n) is 10.8. The molecule has 1 saturated carbocycles. The van der Waals surface area contributed by atoms with E-state index in [9.17, 15) is 18.0 Å². The van der Waals surface area contributed by atoms with Gasteiger partial charge in [0.2, 0.25) is 11.8 Å². The maximum atomic E-state index is 13.2. The molecule has 2 aliphatic heterocycles. The third-order valence-corrected chi connectivity index (χ3v) is 8.14. The maximum Gasteiger partial charge on any atom is 0.323 e. The molecule has 2 aromatic rings. The third-order valence-electron chi connectivity index (χ3n) is 6.74. The number of hydrogen-bond donors (Lipinski definition) is 1. The summed E-state index contributed by atoms with van der Waals surface area (Å²) >= 11 is 0. The molecule has 168 valence electrons. The molecule has 1 fully saturated rings. The first kappa shape index (κ1) is 20.8. The van der Waals surface area contributed by atoms with Gasteiger partial charge in [-0.05, 0) is 55.2 Å². The minimum atomic E-state index is -3.56. The highest BCUT2D eigenvalue weighted by molar-refractivity contribution is 7.94. The van der Waals surface area contributed by atoms with Crippen LogP contribution in [0.2, 0.25) is 0 Å². The van der Waals surface area contributed by atoms with Gasteiger partial charge in [0.05, 0.1) is 28.8 Å². The number of fused-ring (bicyclic) bond motifs is 2. The Morgan fingerprint density at radius 1 is 1.00 bits per heavy atom. The Balaban J connectivity index is 1.59. The van der Waals surface area contributed by atoms with Crippen LogP contribution in [0.25, 0.3) is 11.1 Å². The van der Waals surface area contributed by atoms with Crippen molar-refractivity contribution in [2.24, 2.45) is 5.92 Å². The van der Waals surface area contributed by atoms with Crippen LogP contribution in [-0.2, 0) is 19.8 Å². The van der Waals surface area contributed by atoms with Gasteiger partial charge in [-0.1, -0.05) is 18.6 Å². The smallest absolute Gasteiger partial charge is 0.308 e. The zero-order valence-electron chi connectivity index (χ0n) is 18.3. The molecule has 8 nitrogen and oxygen atoms in total. The van der Waals surface area contributed by atoms with Crippen LogP contribution in [-0.4, -0.2) is 39.9 Å². The molecule has 1 atom stereocenters. The normalized spacial score (nSPS) is 21.5. The Bertz CT molecular complexity index is 1240. The maximum absolute atomic E-state index is 13.2. The lowest BCUT2D eigenvalue weighted by Crippen LogP contribution is -2.53. The minimum absolute atomic E-state index is 0.0486. The minimum Gasteiger partial charge on any atom is -0.308 e. The molecule has 2 amide bonds. The molecule has 0 aromatic heterocycles. The number of amides is 2. The summed E-state index contributed by atoms with van der Waals surface area (Å²) in [5.41, 5.74) is 4.26. The van der Waals surface area contributed by atoms with Gasteiger partial charge in [0.25, 0.3) is 0 Å². The van der Waals surface area contributed by atoms with Gasteiger partial charge in [-0.25, -0.2) is 0 Å². The SMILES string of the molecule is CC(=O)N1c2ccc(-c3ccc4c(c3)N(C)S(=O)(=O)N4)cc2N(C(=O)C2CCC2)C[C@@H]1C. The number of nitrogens with one attached hydrogen (secondary N) is 1. The number of nitrogens with zero attached hydrogens (tertiary/aromatic N) is 3.